The van der Waals surface area contributed by atoms with Gasteiger partial charge in [0.1, 0.15) is 23.0 Å². The predicted octanol–water partition coefficient (Wildman–Crippen LogP) is 4.39. The highest BCUT2D eigenvalue weighted by Crippen LogP contribution is 2.25. The third kappa shape index (κ3) is 5.11. The second kappa shape index (κ2) is 9.04. The topological polar surface area (TPSA) is 55.3 Å². The van der Waals surface area contributed by atoms with Gasteiger partial charge in [-0.3, -0.25) is 4.79 Å². The van der Waals surface area contributed by atoms with E-state index in [9.17, 15) is 9.18 Å². The minimum atomic E-state index is -0.309. The molecule has 0 aliphatic carbocycles. The van der Waals surface area contributed by atoms with Gasteiger partial charge in [-0.2, -0.15) is 0 Å². The summed E-state index contributed by atoms with van der Waals surface area (Å²) in [4.78, 5) is 23.7. The molecular weight excluding hydrogens is 407 g/mol. The van der Waals surface area contributed by atoms with E-state index in [0.717, 1.165) is 36.0 Å². The number of amides is 1. The molecule has 7 heteroatoms. The molecule has 2 heterocycles. The Morgan fingerprint density at radius 3 is 2.22 bits per heavy atom. The number of benzene rings is 2. The van der Waals surface area contributed by atoms with Crippen molar-refractivity contribution < 1.29 is 18.4 Å². The molecule has 0 unspecified atom stereocenters. The van der Waals surface area contributed by atoms with Crippen molar-refractivity contribution in [3.8, 4) is 22.9 Å². The van der Waals surface area contributed by atoms with Crippen molar-refractivity contribution in [2.24, 2.45) is 0 Å². The van der Waals surface area contributed by atoms with Crippen molar-refractivity contribution in [2.75, 3.05) is 34.2 Å². The average molecular weight is 436 g/mol. The molecule has 1 saturated heterocycles. The number of carbonyl (C=O) groups excluding carboxylic acids is 1. The van der Waals surface area contributed by atoms with Gasteiger partial charge in [0.05, 0.1) is 27.2 Å². The molecule has 0 saturated carbocycles. The number of piperidine rings is 1. The van der Waals surface area contributed by atoms with Gasteiger partial charge in [-0.05, 0) is 54.6 Å². The highest BCUT2D eigenvalue weighted by atomic mass is 19.1. The zero-order valence-electron chi connectivity index (χ0n) is 18.7. The van der Waals surface area contributed by atoms with E-state index in [1.807, 2.05) is 24.1 Å². The Kier molecular flexibility index (Phi) is 6.19. The third-order valence-electron chi connectivity index (χ3n) is 6.04. The van der Waals surface area contributed by atoms with Gasteiger partial charge >= 0.3 is 0 Å². The van der Waals surface area contributed by atoms with Crippen LogP contribution in [0.25, 0.3) is 11.4 Å². The van der Waals surface area contributed by atoms with Crippen molar-refractivity contribution in [1.29, 1.82) is 0 Å². The van der Waals surface area contributed by atoms with E-state index in [1.54, 1.807) is 36.5 Å². The molecule has 0 radical (unpaired) electrons. The summed E-state index contributed by atoms with van der Waals surface area (Å²) in [5, 5.41) is 0. The van der Waals surface area contributed by atoms with Crippen molar-refractivity contribution in [1.82, 2.24) is 14.9 Å². The van der Waals surface area contributed by atoms with Gasteiger partial charge in [0.2, 0.25) is 0 Å². The first kappa shape index (κ1) is 21.9. The molecular formula is C25H28FN4O2+. The van der Waals surface area contributed by atoms with Crippen molar-refractivity contribution >= 4 is 5.91 Å². The SMILES string of the molecule is CN(C(=O)c1ccnc(-c2ccc(Oc3ccc(F)cc3)cc2)n1)C1CC[N+](C)(C)CC1. The van der Waals surface area contributed by atoms with E-state index in [-0.39, 0.29) is 17.8 Å². The average Bonchev–Trinajstić information content (AvgIpc) is 2.80. The first-order valence-corrected chi connectivity index (χ1v) is 10.8. The predicted molar refractivity (Wildman–Crippen MR) is 121 cm³/mol. The maximum atomic E-state index is 13.1. The lowest BCUT2D eigenvalue weighted by molar-refractivity contribution is -0.895. The fourth-order valence-corrected chi connectivity index (χ4v) is 3.91. The Hall–Kier alpha value is -3.32. The van der Waals surface area contributed by atoms with Gasteiger partial charge < -0.3 is 14.1 Å². The summed E-state index contributed by atoms with van der Waals surface area (Å²) in [5.74, 6) is 1.26. The lowest BCUT2D eigenvalue weighted by Gasteiger charge is -2.40. The molecule has 0 bridgehead atoms. The highest BCUT2D eigenvalue weighted by Gasteiger charge is 2.31. The number of quaternary nitrogens is 1. The van der Waals surface area contributed by atoms with E-state index in [2.05, 4.69) is 24.1 Å². The van der Waals surface area contributed by atoms with E-state index >= 15 is 0 Å². The van der Waals surface area contributed by atoms with E-state index in [0.29, 0.717) is 23.0 Å². The molecule has 1 aromatic heterocycles. The number of halogens is 1. The van der Waals surface area contributed by atoms with Crippen LogP contribution < -0.4 is 4.74 Å². The molecule has 166 valence electrons. The molecule has 1 fully saturated rings. The molecule has 3 aromatic rings. The van der Waals surface area contributed by atoms with Crippen LogP contribution in [-0.2, 0) is 0 Å². The Morgan fingerprint density at radius 2 is 1.59 bits per heavy atom. The van der Waals surface area contributed by atoms with Crippen LogP contribution >= 0.6 is 0 Å². The second-order valence-corrected chi connectivity index (χ2v) is 8.88. The van der Waals surface area contributed by atoms with Crippen LogP contribution in [0.5, 0.6) is 11.5 Å². The molecule has 1 aliphatic heterocycles. The van der Waals surface area contributed by atoms with Gasteiger partial charge in [0.25, 0.3) is 5.91 Å². The number of hydrogen-bond donors (Lipinski definition) is 0. The van der Waals surface area contributed by atoms with Crippen LogP contribution in [0.2, 0.25) is 0 Å². The fraction of sp³-hybridized carbons (Fsp3) is 0.320. The van der Waals surface area contributed by atoms with Crippen LogP contribution in [-0.4, -0.2) is 65.5 Å². The maximum absolute atomic E-state index is 13.1. The van der Waals surface area contributed by atoms with Gasteiger partial charge in [-0.15, -0.1) is 0 Å². The number of carbonyl (C=O) groups is 1. The van der Waals surface area contributed by atoms with Crippen LogP contribution in [0.1, 0.15) is 23.3 Å². The smallest absolute Gasteiger partial charge is 0.272 e. The minimum Gasteiger partial charge on any atom is -0.457 e. The molecule has 0 spiro atoms. The molecule has 6 nitrogen and oxygen atoms in total. The highest BCUT2D eigenvalue weighted by molar-refractivity contribution is 5.92. The Morgan fingerprint density at radius 1 is 1.00 bits per heavy atom. The Labute approximate surface area is 187 Å². The maximum Gasteiger partial charge on any atom is 0.272 e. The van der Waals surface area contributed by atoms with Crippen molar-refractivity contribution in [3.05, 3.63) is 72.3 Å². The molecule has 1 amide bonds. The van der Waals surface area contributed by atoms with E-state index in [1.165, 1.54) is 12.1 Å². The number of nitrogens with zero attached hydrogens (tertiary/aromatic N) is 4. The first-order chi connectivity index (χ1) is 15.3. The standard InChI is InChI=1S/C25H28FN4O2/c1-29(20-13-16-30(2,3)17-14-20)25(31)23-12-15-27-24(28-23)18-4-8-21(9-5-18)32-22-10-6-19(26)7-11-22/h4-12,15,20H,13-14,16-17H2,1-3H3/q+1. The van der Waals surface area contributed by atoms with Crippen molar-refractivity contribution in [3.63, 3.8) is 0 Å². The first-order valence-electron chi connectivity index (χ1n) is 10.8. The number of aromatic nitrogens is 2. The van der Waals surface area contributed by atoms with Gasteiger partial charge in [-0.1, -0.05) is 0 Å². The van der Waals surface area contributed by atoms with Gasteiger partial charge in [0, 0.05) is 37.7 Å². The summed E-state index contributed by atoms with van der Waals surface area (Å²) in [7, 11) is 6.32. The number of hydrogen-bond acceptors (Lipinski definition) is 4. The summed E-state index contributed by atoms with van der Waals surface area (Å²) in [6.45, 7) is 2.12. The quantitative estimate of drug-likeness (QED) is 0.558. The molecule has 0 N–H and O–H groups in total. The lowest BCUT2D eigenvalue weighted by atomic mass is 10.0. The van der Waals surface area contributed by atoms with Crippen LogP contribution in [0.3, 0.4) is 0 Å². The summed E-state index contributed by atoms with van der Waals surface area (Å²) in [6, 6.07) is 15.0. The van der Waals surface area contributed by atoms with Crippen LogP contribution in [0.15, 0.2) is 60.8 Å². The molecule has 1 aliphatic rings. The van der Waals surface area contributed by atoms with Crippen molar-refractivity contribution in [2.45, 2.75) is 18.9 Å². The number of ether oxygens (including phenoxy) is 1. The number of rotatable bonds is 5. The normalized spacial score (nSPS) is 15.9. The third-order valence-corrected chi connectivity index (χ3v) is 6.04. The van der Waals surface area contributed by atoms with Crippen LogP contribution in [0.4, 0.5) is 4.39 Å². The summed E-state index contributed by atoms with van der Waals surface area (Å²) in [6.07, 6.45) is 3.60. The van der Waals surface area contributed by atoms with Crippen LogP contribution in [0, 0.1) is 5.82 Å². The zero-order chi connectivity index (χ0) is 22.7. The molecule has 32 heavy (non-hydrogen) atoms. The molecule has 4 rings (SSSR count). The lowest BCUT2D eigenvalue weighted by Crippen LogP contribution is -2.52. The summed E-state index contributed by atoms with van der Waals surface area (Å²) >= 11 is 0. The number of likely N-dealkylation sites (tertiary alicyclic amines) is 1. The van der Waals surface area contributed by atoms with Gasteiger partial charge in [-0.25, -0.2) is 14.4 Å². The summed E-state index contributed by atoms with van der Waals surface area (Å²) < 4.78 is 19.8. The van der Waals surface area contributed by atoms with E-state index < -0.39 is 0 Å². The molecule has 2 aromatic carbocycles. The Bertz CT molecular complexity index is 1070. The zero-order valence-corrected chi connectivity index (χ0v) is 18.7. The monoisotopic (exact) mass is 435 g/mol. The fourth-order valence-electron chi connectivity index (χ4n) is 3.91. The van der Waals surface area contributed by atoms with Gasteiger partial charge in [0.15, 0.2) is 5.82 Å². The Balaban J connectivity index is 1.45. The van der Waals surface area contributed by atoms with E-state index in [4.69, 9.17) is 4.74 Å². The summed E-state index contributed by atoms with van der Waals surface area (Å²) in [5.41, 5.74) is 1.17. The molecule has 0 atom stereocenters. The largest absolute Gasteiger partial charge is 0.457 e. The second-order valence-electron chi connectivity index (χ2n) is 8.88. The minimum absolute atomic E-state index is 0.0814.